The maximum atomic E-state index is 13.5. The number of aliphatic hydroxyl groups excluding tert-OH is 1. The molecule has 0 radical (unpaired) electrons. The zero-order chi connectivity index (χ0) is 20.3. The fourth-order valence-electron chi connectivity index (χ4n) is 3.45. The maximum absolute atomic E-state index is 13.5. The van der Waals surface area contributed by atoms with Gasteiger partial charge in [0.2, 0.25) is 0 Å². The van der Waals surface area contributed by atoms with Crippen LogP contribution < -0.4 is 0 Å². The highest BCUT2D eigenvalue weighted by Crippen LogP contribution is 2.37. The number of nitrogens with zero attached hydrogens (tertiary/aromatic N) is 1. The fraction of sp³-hybridized carbons (Fsp3) is 0.261. The number of carbonyl (C=O) groups excluding carboxylic acids is 1. The number of rotatable bonds is 6. The van der Waals surface area contributed by atoms with Crippen LogP contribution in [0.2, 0.25) is 0 Å². The van der Waals surface area contributed by atoms with Crippen LogP contribution in [0, 0.1) is 5.82 Å². The van der Waals surface area contributed by atoms with Crippen LogP contribution in [0.4, 0.5) is 4.39 Å². The van der Waals surface area contributed by atoms with Gasteiger partial charge in [-0.15, -0.1) is 0 Å². The van der Waals surface area contributed by atoms with E-state index in [0.717, 1.165) is 27.7 Å². The van der Waals surface area contributed by atoms with Crippen LogP contribution in [0.3, 0.4) is 0 Å². The summed E-state index contributed by atoms with van der Waals surface area (Å²) in [5.74, 6) is -0.762. The normalized spacial score (nSPS) is 12.8. The van der Waals surface area contributed by atoms with Gasteiger partial charge in [-0.05, 0) is 43.7 Å². The average molecular weight is 381 g/mol. The molecule has 1 N–H and O–H groups in total. The summed E-state index contributed by atoms with van der Waals surface area (Å²) in [6.45, 7) is 4.17. The second kappa shape index (κ2) is 8.40. The number of hydrogen-bond acceptors (Lipinski definition) is 3. The number of aromatic nitrogens is 1. The van der Waals surface area contributed by atoms with Crippen molar-refractivity contribution in [3.63, 3.8) is 0 Å². The second-order valence-electron chi connectivity index (χ2n) is 6.95. The highest BCUT2D eigenvalue weighted by Gasteiger charge is 2.19. The first-order chi connectivity index (χ1) is 13.4. The van der Waals surface area contributed by atoms with Gasteiger partial charge in [0.1, 0.15) is 5.82 Å². The summed E-state index contributed by atoms with van der Waals surface area (Å²) in [5, 5.41) is 11.2. The Bertz CT molecular complexity index is 1000. The third kappa shape index (κ3) is 3.99. The Morgan fingerprint density at radius 1 is 1.18 bits per heavy atom. The van der Waals surface area contributed by atoms with Crippen molar-refractivity contribution in [3.8, 4) is 11.1 Å². The van der Waals surface area contributed by atoms with E-state index in [0.29, 0.717) is 0 Å². The number of fused-ring (bicyclic) bond motifs is 1. The molecule has 28 heavy (non-hydrogen) atoms. The molecule has 0 aliphatic heterocycles. The van der Waals surface area contributed by atoms with E-state index in [1.165, 1.54) is 19.2 Å². The van der Waals surface area contributed by atoms with E-state index < -0.39 is 12.1 Å². The minimum absolute atomic E-state index is 0.110. The van der Waals surface area contributed by atoms with E-state index in [2.05, 4.69) is 23.2 Å². The molecule has 1 atom stereocenters. The lowest BCUT2D eigenvalue weighted by atomic mass is 10.0. The van der Waals surface area contributed by atoms with E-state index in [-0.39, 0.29) is 18.3 Å². The van der Waals surface area contributed by atoms with Gasteiger partial charge in [-0.25, -0.2) is 4.39 Å². The van der Waals surface area contributed by atoms with Gasteiger partial charge in [0, 0.05) is 28.2 Å². The predicted octanol–water partition coefficient (Wildman–Crippen LogP) is 4.97. The topological polar surface area (TPSA) is 51.5 Å². The van der Waals surface area contributed by atoms with Gasteiger partial charge in [-0.2, -0.15) is 0 Å². The van der Waals surface area contributed by atoms with Crippen molar-refractivity contribution in [2.45, 2.75) is 32.4 Å². The van der Waals surface area contributed by atoms with Crippen LogP contribution in [-0.2, 0) is 9.53 Å². The van der Waals surface area contributed by atoms with E-state index in [1.807, 2.05) is 30.3 Å². The van der Waals surface area contributed by atoms with Crippen molar-refractivity contribution in [2.75, 3.05) is 7.11 Å². The van der Waals surface area contributed by atoms with Crippen molar-refractivity contribution in [1.29, 1.82) is 0 Å². The first kappa shape index (κ1) is 19.8. The molecular formula is C23H24FNO3. The monoisotopic (exact) mass is 381 g/mol. The smallest absolute Gasteiger partial charge is 0.308 e. The van der Waals surface area contributed by atoms with Crippen LogP contribution in [0.25, 0.3) is 28.1 Å². The molecule has 0 spiro atoms. The number of para-hydroxylation sites is 1. The van der Waals surface area contributed by atoms with Gasteiger partial charge in [0.15, 0.2) is 0 Å². The van der Waals surface area contributed by atoms with Crippen LogP contribution in [0.5, 0.6) is 0 Å². The van der Waals surface area contributed by atoms with Crippen molar-refractivity contribution < 1.29 is 19.0 Å². The number of carbonyl (C=O) groups is 1. The van der Waals surface area contributed by atoms with Crippen molar-refractivity contribution in [3.05, 3.63) is 66.1 Å². The molecule has 1 unspecified atom stereocenters. The number of esters is 1. The van der Waals surface area contributed by atoms with Crippen molar-refractivity contribution in [1.82, 2.24) is 4.57 Å². The molecule has 0 saturated carbocycles. The average Bonchev–Trinajstić information content (AvgIpc) is 3.01. The summed E-state index contributed by atoms with van der Waals surface area (Å²) < 4.78 is 20.3. The van der Waals surface area contributed by atoms with E-state index in [1.54, 1.807) is 18.2 Å². The molecule has 0 fully saturated rings. The second-order valence-corrected chi connectivity index (χ2v) is 6.95. The van der Waals surface area contributed by atoms with Gasteiger partial charge in [-0.1, -0.05) is 36.4 Å². The summed E-state index contributed by atoms with van der Waals surface area (Å²) in [7, 11) is 1.29. The van der Waals surface area contributed by atoms with Crippen LogP contribution in [0.15, 0.2) is 54.6 Å². The number of halogens is 1. The zero-order valence-corrected chi connectivity index (χ0v) is 16.2. The van der Waals surface area contributed by atoms with Gasteiger partial charge in [0.25, 0.3) is 0 Å². The van der Waals surface area contributed by atoms with Gasteiger partial charge >= 0.3 is 5.97 Å². The molecule has 0 saturated heterocycles. The lowest BCUT2D eigenvalue weighted by molar-refractivity contribution is -0.142. The molecule has 0 aliphatic rings. The maximum Gasteiger partial charge on any atom is 0.308 e. The Labute approximate surface area is 163 Å². The molecule has 2 aromatic carbocycles. The van der Waals surface area contributed by atoms with Gasteiger partial charge in [0.05, 0.1) is 19.6 Å². The van der Waals surface area contributed by atoms with E-state index in [9.17, 15) is 14.3 Å². The SMILES string of the molecule is COC(=O)CC(O)/C=C/c1c(-c2ccc(F)cc2)c2ccccc2n1C(C)C. The third-order valence-electron chi connectivity index (χ3n) is 4.68. The molecule has 1 heterocycles. The van der Waals surface area contributed by atoms with Gasteiger partial charge in [-0.3, -0.25) is 4.79 Å². The van der Waals surface area contributed by atoms with Gasteiger partial charge < -0.3 is 14.4 Å². The largest absolute Gasteiger partial charge is 0.469 e. The summed E-state index contributed by atoms with van der Waals surface area (Å²) in [5.41, 5.74) is 3.80. The summed E-state index contributed by atoms with van der Waals surface area (Å²) in [6, 6.07) is 14.6. The first-order valence-corrected chi connectivity index (χ1v) is 9.24. The molecule has 5 heteroatoms. The predicted molar refractivity (Wildman–Crippen MR) is 109 cm³/mol. The van der Waals surface area contributed by atoms with E-state index >= 15 is 0 Å². The standard InChI is InChI=1S/C23H24FNO3/c1-15(2)25-20-7-5-4-6-19(20)23(16-8-10-17(24)11-9-16)21(25)13-12-18(26)14-22(27)28-3/h4-13,15,18,26H,14H2,1-3H3/b13-12+. The molecule has 0 amide bonds. The molecule has 1 aromatic heterocycles. The molecule has 0 bridgehead atoms. The molecule has 3 aromatic rings. The summed E-state index contributed by atoms with van der Waals surface area (Å²) in [6.07, 6.45) is 2.36. The molecule has 146 valence electrons. The van der Waals surface area contributed by atoms with Crippen LogP contribution in [-0.4, -0.2) is 28.9 Å². The minimum Gasteiger partial charge on any atom is -0.469 e. The zero-order valence-electron chi connectivity index (χ0n) is 16.2. The quantitative estimate of drug-likeness (QED) is 0.614. The summed E-state index contributed by atoms with van der Waals surface area (Å²) in [4.78, 5) is 11.4. The highest BCUT2D eigenvalue weighted by molar-refractivity contribution is 6.01. The Kier molecular flexibility index (Phi) is 5.95. The highest BCUT2D eigenvalue weighted by atomic mass is 19.1. The number of benzene rings is 2. The Balaban J connectivity index is 2.18. The third-order valence-corrected chi connectivity index (χ3v) is 4.68. The first-order valence-electron chi connectivity index (χ1n) is 9.24. The number of hydrogen-bond donors (Lipinski definition) is 1. The van der Waals surface area contributed by atoms with Crippen LogP contribution in [0.1, 0.15) is 32.0 Å². The van der Waals surface area contributed by atoms with Crippen molar-refractivity contribution >= 4 is 22.9 Å². The Morgan fingerprint density at radius 3 is 2.50 bits per heavy atom. The number of ether oxygens (including phenoxy) is 1. The Hall–Kier alpha value is -2.92. The lowest BCUT2D eigenvalue weighted by Gasteiger charge is -2.14. The number of methoxy groups -OCH3 is 1. The molecule has 3 rings (SSSR count). The minimum atomic E-state index is -0.952. The van der Waals surface area contributed by atoms with Crippen LogP contribution >= 0.6 is 0 Å². The summed E-state index contributed by atoms with van der Waals surface area (Å²) >= 11 is 0. The molecule has 4 nitrogen and oxygen atoms in total. The lowest BCUT2D eigenvalue weighted by Crippen LogP contribution is -2.12. The van der Waals surface area contributed by atoms with E-state index in [4.69, 9.17) is 0 Å². The fourth-order valence-corrected chi connectivity index (χ4v) is 3.45. The Morgan fingerprint density at radius 2 is 1.86 bits per heavy atom. The molecular weight excluding hydrogens is 357 g/mol. The number of aliphatic hydroxyl groups is 1. The van der Waals surface area contributed by atoms with Crippen molar-refractivity contribution in [2.24, 2.45) is 0 Å². The molecule has 0 aliphatic carbocycles.